The van der Waals surface area contributed by atoms with Gasteiger partial charge in [0.2, 0.25) is 0 Å². The van der Waals surface area contributed by atoms with E-state index in [1.165, 1.54) is 12.1 Å². The topological polar surface area (TPSA) is 107 Å². The molecule has 122 valence electrons. The van der Waals surface area contributed by atoms with Crippen molar-refractivity contribution in [1.82, 2.24) is 0 Å². The summed E-state index contributed by atoms with van der Waals surface area (Å²) in [6.07, 6.45) is 0. The summed E-state index contributed by atoms with van der Waals surface area (Å²) >= 11 is 0. The number of carboxylic acid groups (broad SMARTS) is 1. The van der Waals surface area contributed by atoms with Gasteiger partial charge in [-0.25, -0.2) is 13.2 Å². The monoisotopic (exact) mass is 342 g/mol. The highest BCUT2D eigenvalue weighted by Gasteiger charge is 2.18. The summed E-state index contributed by atoms with van der Waals surface area (Å²) in [6, 6.07) is 15.2. The van der Waals surface area contributed by atoms with Crippen LogP contribution in [0.25, 0.3) is 10.8 Å². The zero-order chi connectivity index (χ0) is 17.3. The van der Waals surface area contributed by atoms with Gasteiger partial charge < -0.3 is 10.2 Å². The highest BCUT2D eigenvalue weighted by Crippen LogP contribution is 2.26. The number of fused-ring (bicyclic) bond motifs is 1. The van der Waals surface area contributed by atoms with Gasteiger partial charge in [0, 0.05) is 11.1 Å². The molecule has 0 aliphatic heterocycles. The molecule has 0 amide bonds. The summed E-state index contributed by atoms with van der Waals surface area (Å²) in [4.78, 5) is 11.1. The van der Waals surface area contributed by atoms with Crippen LogP contribution in [-0.2, 0) is 10.0 Å². The largest absolute Gasteiger partial charge is 0.872 e. The van der Waals surface area contributed by atoms with Gasteiger partial charge in [-0.2, -0.15) is 0 Å². The molecule has 0 fully saturated rings. The third-order valence-electron chi connectivity index (χ3n) is 3.50. The first-order valence-corrected chi connectivity index (χ1v) is 8.42. The molecular weight excluding hydrogens is 330 g/mol. The lowest BCUT2D eigenvalue weighted by Gasteiger charge is -2.14. The fourth-order valence-electron chi connectivity index (χ4n) is 2.40. The van der Waals surface area contributed by atoms with Crippen LogP contribution in [0.4, 0.5) is 5.69 Å². The number of sulfonamides is 1. The van der Waals surface area contributed by atoms with Crippen molar-refractivity contribution in [1.29, 1.82) is 0 Å². The van der Waals surface area contributed by atoms with Crippen LogP contribution in [0.1, 0.15) is 10.4 Å². The second kappa shape index (κ2) is 5.86. The molecule has 6 nitrogen and oxygen atoms in total. The van der Waals surface area contributed by atoms with E-state index in [2.05, 4.69) is 4.72 Å². The number of aromatic carboxylic acids is 1. The van der Waals surface area contributed by atoms with Crippen molar-refractivity contribution in [2.45, 2.75) is 4.90 Å². The van der Waals surface area contributed by atoms with E-state index >= 15 is 0 Å². The first-order chi connectivity index (χ1) is 11.4. The number of benzene rings is 3. The molecule has 3 aromatic rings. The van der Waals surface area contributed by atoms with Crippen molar-refractivity contribution in [2.24, 2.45) is 0 Å². The number of carbonyl (C=O) groups is 1. The molecule has 0 radical (unpaired) electrons. The van der Waals surface area contributed by atoms with Crippen molar-refractivity contribution >= 4 is 32.5 Å². The Bertz CT molecular complexity index is 1040. The fraction of sp³-hybridized carbons (Fsp3) is 0. The molecule has 0 bridgehead atoms. The van der Waals surface area contributed by atoms with Crippen LogP contribution in [0.15, 0.2) is 65.6 Å². The summed E-state index contributed by atoms with van der Waals surface area (Å²) in [7, 11) is -3.94. The van der Waals surface area contributed by atoms with Gasteiger partial charge in [0.05, 0.1) is 10.5 Å². The average Bonchev–Trinajstić information content (AvgIpc) is 2.55. The molecular formula is C17H12NO5S-. The lowest BCUT2D eigenvalue weighted by atomic mass is 10.1. The number of carboxylic acids is 1. The van der Waals surface area contributed by atoms with Crippen LogP contribution in [0.3, 0.4) is 0 Å². The second-order valence-corrected chi connectivity index (χ2v) is 6.75. The van der Waals surface area contributed by atoms with Crippen molar-refractivity contribution in [2.75, 3.05) is 4.72 Å². The Labute approximate surface area is 138 Å². The summed E-state index contributed by atoms with van der Waals surface area (Å²) < 4.78 is 27.6. The highest BCUT2D eigenvalue weighted by atomic mass is 32.2. The van der Waals surface area contributed by atoms with Gasteiger partial charge in [-0.05, 0) is 23.6 Å². The minimum absolute atomic E-state index is 0.0138. The van der Waals surface area contributed by atoms with Gasteiger partial charge in [-0.3, -0.25) is 4.72 Å². The third kappa shape index (κ3) is 2.89. The van der Waals surface area contributed by atoms with Crippen molar-refractivity contribution in [3.8, 4) is 5.75 Å². The summed E-state index contributed by atoms with van der Waals surface area (Å²) in [5.41, 5.74) is -0.479. The SMILES string of the molecule is O=C(O)c1cc(NS(=O)(=O)c2cccc3ccccc23)ccc1[O-]. The average molecular weight is 342 g/mol. The second-order valence-electron chi connectivity index (χ2n) is 5.10. The Hall–Kier alpha value is -3.06. The normalized spacial score (nSPS) is 11.3. The molecule has 0 aliphatic rings. The number of rotatable bonds is 4. The first-order valence-electron chi connectivity index (χ1n) is 6.93. The van der Waals surface area contributed by atoms with E-state index in [0.29, 0.717) is 5.39 Å². The zero-order valence-corrected chi connectivity index (χ0v) is 13.1. The molecule has 3 aromatic carbocycles. The van der Waals surface area contributed by atoms with Crippen LogP contribution in [0, 0.1) is 0 Å². The van der Waals surface area contributed by atoms with E-state index in [0.717, 1.165) is 17.5 Å². The minimum atomic E-state index is -3.94. The first kappa shape index (κ1) is 15.8. The van der Waals surface area contributed by atoms with Gasteiger partial charge in [-0.1, -0.05) is 48.2 Å². The molecule has 0 heterocycles. The van der Waals surface area contributed by atoms with Gasteiger partial charge in [-0.15, -0.1) is 0 Å². The summed E-state index contributed by atoms with van der Waals surface area (Å²) in [6.45, 7) is 0. The van der Waals surface area contributed by atoms with E-state index in [9.17, 15) is 18.3 Å². The number of anilines is 1. The quantitative estimate of drug-likeness (QED) is 0.757. The Morgan fingerprint density at radius 1 is 1.00 bits per heavy atom. The standard InChI is InChI=1S/C17H13NO5S/c19-15-9-8-12(10-14(15)17(20)21)18-24(22,23)16-7-3-5-11-4-1-2-6-13(11)16/h1-10,18-19H,(H,20,21)/p-1. The van der Waals surface area contributed by atoms with Gasteiger partial charge in [0.1, 0.15) is 0 Å². The number of hydrogen-bond acceptors (Lipinski definition) is 4. The predicted molar refractivity (Wildman–Crippen MR) is 87.6 cm³/mol. The van der Waals surface area contributed by atoms with Crippen molar-refractivity contribution < 1.29 is 23.4 Å². The van der Waals surface area contributed by atoms with E-state index < -0.39 is 27.3 Å². The van der Waals surface area contributed by atoms with Crippen LogP contribution in [0.2, 0.25) is 0 Å². The molecule has 0 saturated carbocycles. The lowest BCUT2D eigenvalue weighted by Crippen LogP contribution is -2.14. The van der Waals surface area contributed by atoms with E-state index in [4.69, 9.17) is 5.11 Å². The lowest BCUT2D eigenvalue weighted by molar-refractivity contribution is -0.268. The number of hydrogen-bond donors (Lipinski definition) is 2. The maximum Gasteiger partial charge on any atom is 0.335 e. The zero-order valence-electron chi connectivity index (χ0n) is 12.3. The van der Waals surface area contributed by atoms with Crippen molar-refractivity contribution in [3.63, 3.8) is 0 Å². The van der Waals surface area contributed by atoms with E-state index in [1.807, 2.05) is 0 Å². The third-order valence-corrected chi connectivity index (χ3v) is 4.94. The summed E-state index contributed by atoms with van der Waals surface area (Å²) in [5, 5.41) is 21.7. The Morgan fingerprint density at radius 2 is 1.71 bits per heavy atom. The molecule has 0 spiro atoms. The minimum Gasteiger partial charge on any atom is -0.872 e. The van der Waals surface area contributed by atoms with Crippen molar-refractivity contribution in [3.05, 3.63) is 66.2 Å². The molecule has 0 aliphatic carbocycles. The van der Waals surface area contributed by atoms with E-state index in [1.54, 1.807) is 36.4 Å². The van der Waals surface area contributed by atoms with Crippen LogP contribution in [-0.4, -0.2) is 19.5 Å². The summed E-state index contributed by atoms with van der Waals surface area (Å²) in [5.74, 6) is -2.10. The van der Waals surface area contributed by atoms with Gasteiger partial charge >= 0.3 is 5.97 Å². The Balaban J connectivity index is 2.06. The van der Waals surface area contributed by atoms with Gasteiger partial charge in [0.15, 0.2) is 0 Å². The molecule has 0 saturated heterocycles. The molecule has 2 N–H and O–H groups in total. The Morgan fingerprint density at radius 3 is 2.46 bits per heavy atom. The fourth-order valence-corrected chi connectivity index (χ4v) is 3.68. The van der Waals surface area contributed by atoms with Gasteiger partial charge in [0.25, 0.3) is 10.0 Å². The van der Waals surface area contributed by atoms with Crippen LogP contribution >= 0.6 is 0 Å². The maximum atomic E-state index is 12.6. The molecule has 7 heteroatoms. The number of nitrogens with one attached hydrogen (secondary N) is 1. The highest BCUT2D eigenvalue weighted by molar-refractivity contribution is 7.93. The smallest absolute Gasteiger partial charge is 0.335 e. The predicted octanol–water partition coefficient (Wildman–Crippen LogP) is 2.41. The van der Waals surface area contributed by atoms with Crippen LogP contribution < -0.4 is 9.83 Å². The molecule has 3 rings (SSSR count). The molecule has 0 atom stereocenters. The van der Waals surface area contributed by atoms with Crippen LogP contribution in [0.5, 0.6) is 5.75 Å². The molecule has 24 heavy (non-hydrogen) atoms. The molecule has 0 aromatic heterocycles. The Kier molecular flexibility index (Phi) is 3.86. The van der Waals surface area contributed by atoms with E-state index in [-0.39, 0.29) is 10.6 Å². The molecule has 0 unspecified atom stereocenters. The maximum absolute atomic E-state index is 12.6.